The van der Waals surface area contributed by atoms with Crippen molar-refractivity contribution in [2.75, 3.05) is 6.54 Å². The second-order valence-electron chi connectivity index (χ2n) is 6.31. The van der Waals surface area contributed by atoms with Gasteiger partial charge in [-0.1, -0.05) is 5.16 Å². The van der Waals surface area contributed by atoms with E-state index in [1.54, 1.807) is 11.8 Å². The van der Waals surface area contributed by atoms with Crippen LogP contribution in [-0.2, 0) is 17.5 Å². The molecule has 1 fully saturated rings. The molecule has 9 heteroatoms. The van der Waals surface area contributed by atoms with E-state index in [0.717, 1.165) is 34.8 Å². The number of halogens is 3. The number of hydrogen-bond donors (Lipinski definition) is 0. The summed E-state index contributed by atoms with van der Waals surface area (Å²) in [7, 11) is 0. The fraction of sp³-hybridized carbons (Fsp3) is 0.562. The normalized spacial score (nSPS) is 18.2. The third kappa shape index (κ3) is 3.27. The number of likely N-dealkylation sites (tertiary alicyclic amines) is 1. The number of nitrogens with zero attached hydrogens (tertiary/aromatic N) is 4. The van der Waals surface area contributed by atoms with Gasteiger partial charge in [0.15, 0.2) is 5.69 Å². The number of carbonyl (C=O) groups excluding carboxylic acids is 1. The van der Waals surface area contributed by atoms with Crippen LogP contribution >= 0.6 is 0 Å². The van der Waals surface area contributed by atoms with Crippen molar-refractivity contribution in [2.24, 2.45) is 0 Å². The minimum atomic E-state index is -4.52. The van der Waals surface area contributed by atoms with Gasteiger partial charge in [-0.2, -0.15) is 18.3 Å². The molecular weight excluding hydrogens is 337 g/mol. The van der Waals surface area contributed by atoms with Crippen LogP contribution in [0.25, 0.3) is 0 Å². The molecule has 2 aromatic rings. The highest BCUT2D eigenvalue weighted by Gasteiger charge is 2.36. The Hall–Kier alpha value is -2.32. The maximum atomic E-state index is 12.8. The van der Waals surface area contributed by atoms with Crippen LogP contribution in [-0.4, -0.2) is 32.3 Å². The number of alkyl halides is 3. The number of carbonyl (C=O) groups is 1. The Bertz CT molecular complexity index is 774. The molecule has 0 aliphatic carbocycles. The van der Waals surface area contributed by atoms with Crippen molar-refractivity contribution in [1.29, 1.82) is 0 Å². The molecule has 0 radical (unpaired) electrons. The molecule has 0 N–H and O–H groups in total. The maximum Gasteiger partial charge on any atom is 0.435 e. The lowest BCUT2D eigenvalue weighted by molar-refractivity contribution is -0.142. The summed E-state index contributed by atoms with van der Waals surface area (Å²) in [5.41, 5.74) is 0.936. The van der Waals surface area contributed by atoms with Crippen molar-refractivity contribution >= 4 is 5.91 Å². The lowest BCUT2D eigenvalue weighted by atomic mass is 10.0. The first-order valence-electron chi connectivity index (χ1n) is 8.02. The van der Waals surface area contributed by atoms with Gasteiger partial charge >= 0.3 is 6.18 Å². The summed E-state index contributed by atoms with van der Waals surface area (Å²) in [6.07, 6.45) is -2.92. The van der Waals surface area contributed by atoms with E-state index in [1.807, 2.05) is 6.92 Å². The van der Waals surface area contributed by atoms with Crippen molar-refractivity contribution < 1.29 is 22.5 Å². The van der Waals surface area contributed by atoms with Crippen molar-refractivity contribution in [2.45, 2.75) is 52.4 Å². The summed E-state index contributed by atoms with van der Waals surface area (Å²) in [5.74, 6) is 0.402. The van der Waals surface area contributed by atoms with Gasteiger partial charge in [0.05, 0.1) is 11.7 Å². The summed E-state index contributed by atoms with van der Waals surface area (Å²) in [6.45, 7) is 5.46. The van der Waals surface area contributed by atoms with E-state index in [2.05, 4.69) is 10.3 Å². The molecule has 3 rings (SSSR count). The highest BCUT2D eigenvalue weighted by Crippen LogP contribution is 2.36. The largest absolute Gasteiger partial charge is 0.435 e. The Balaban J connectivity index is 1.80. The second-order valence-corrected chi connectivity index (χ2v) is 6.31. The summed E-state index contributed by atoms with van der Waals surface area (Å²) < 4.78 is 44.6. The van der Waals surface area contributed by atoms with Gasteiger partial charge in [0.25, 0.3) is 0 Å². The zero-order chi connectivity index (χ0) is 18.4. The van der Waals surface area contributed by atoms with Crippen LogP contribution in [0.4, 0.5) is 13.2 Å². The van der Waals surface area contributed by atoms with Crippen molar-refractivity contribution in [3.63, 3.8) is 0 Å². The zero-order valence-electron chi connectivity index (χ0n) is 14.2. The first-order chi connectivity index (χ1) is 11.7. The van der Waals surface area contributed by atoms with Gasteiger partial charge in [0.1, 0.15) is 12.3 Å². The van der Waals surface area contributed by atoms with E-state index in [9.17, 15) is 18.0 Å². The van der Waals surface area contributed by atoms with Crippen LogP contribution in [0.3, 0.4) is 0 Å². The third-order valence-corrected chi connectivity index (χ3v) is 4.55. The zero-order valence-corrected chi connectivity index (χ0v) is 14.2. The first-order valence-corrected chi connectivity index (χ1v) is 8.02. The van der Waals surface area contributed by atoms with E-state index in [-0.39, 0.29) is 18.5 Å². The van der Waals surface area contributed by atoms with E-state index >= 15 is 0 Å². The quantitative estimate of drug-likeness (QED) is 0.847. The topological polar surface area (TPSA) is 64.2 Å². The Morgan fingerprint density at radius 1 is 1.36 bits per heavy atom. The predicted molar refractivity (Wildman–Crippen MR) is 81.6 cm³/mol. The molecule has 0 saturated carbocycles. The van der Waals surface area contributed by atoms with Gasteiger partial charge in [0.2, 0.25) is 5.91 Å². The minimum Gasteiger partial charge on any atom is -0.361 e. The highest BCUT2D eigenvalue weighted by molar-refractivity contribution is 5.77. The molecule has 0 aromatic carbocycles. The minimum absolute atomic E-state index is 0.156. The highest BCUT2D eigenvalue weighted by atomic mass is 19.4. The van der Waals surface area contributed by atoms with E-state index in [0.29, 0.717) is 18.0 Å². The van der Waals surface area contributed by atoms with Gasteiger partial charge in [-0.15, -0.1) is 0 Å². The van der Waals surface area contributed by atoms with Crippen LogP contribution in [0, 0.1) is 20.8 Å². The summed E-state index contributed by atoms with van der Waals surface area (Å²) in [4.78, 5) is 14.4. The number of hydrogen-bond acceptors (Lipinski definition) is 4. The fourth-order valence-corrected chi connectivity index (χ4v) is 3.36. The molecule has 0 spiro atoms. The summed E-state index contributed by atoms with van der Waals surface area (Å²) in [5, 5.41) is 7.46. The van der Waals surface area contributed by atoms with Gasteiger partial charge in [-0.3, -0.25) is 9.48 Å². The molecule has 2 aromatic heterocycles. The number of amides is 1. The van der Waals surface area contributed by atoms with E-state index < -0.39 is 11.9 Å². The van der Waals surface area contributed by atoms with Crippen molar-refractivity contribution in [3.8, 4) is 0 Å². The molecule has 25 heavy (non-hydrogen) atoms. The van der Waals surface area contributed by atoms with E-state index in [4.69, 9.17) is 4.52 Å². The van der Waals surface area contributed by atoms with Crippen LogP contribution in [0.15, 0.2) is 10.6 Å². The molecular formula is C16H19F3N4O2. The average molecular weight is 356 g/mol. The van der Waals surface area contributed by atoms with Gasteiger partial charge in [-0.25, -0.2) is 0 Å². The molecule has 6 nitrogen and oxygen atoms in total. The lowest BCUT2D eigenvalue weighted by Gasteiger charge is -2.25. The Kier molecular flexibility index (Phi) is 4.34. The van der Waals surface area contributed by atoms with Crippen molar-refractivity contribution in [1.82, 2.24) is 19.8 Å². The SMILES string of the molecule is Cc1noc(C)c1C1CCCN1C(=O)Cn1nc(C(F)(F)F)cc1C. The number of aryl methyl sites for hydroxylation is 3. The van der Waals surface area contributed by atoms with Gasteiger partial charge < -0.3 is 9.42 Å². The monoisotopic (exact) mass is 356 g/mol. The Morgan fingerprint density at radius 2 is 2.08 bits per heavy atom. The predicted octanol–water partition coefficient (Wildman–Crippen LogP) is 3.18. The van der Waals surface area contributed by atoms with Crippen LogP contribution < -0.4 is 0 Å². The standard InChI is InChI=1S/C16H19F3N4O2/c1-9-7-13(16(17,18)19)20-23(9)8-14(24)22-6-4-5-12(22)15-10(2)21-25-11(15)3/h7,12H,4-6,8H2,1-3H3. The Morgan fingerprint density at radius 3 is 2.64 bits per heavy atom. The van der Waals surface area contributed by atoms with Gasteiger partial charge in [0, 0.05) is 17.8 Å². The van der Waals surface area contributed by atoms with E-state index in [1.165, 1.54) is 6.92 Å². The second kappa shape index (κ2) is 6.20. The van der Waals surface area contributed by atoms with Crippen LogP contribution in [0.5, 0.6) is 0 Å². The van der Waals surface area contributed by atoms with Crippen LogP contribution in [0.2, 0.25) is 0 Å². The number of rotatable bonds is 3. The fourth-order valence-electron chi connectivity index (χ4n) is 3.36. The third-order valence-electron chi connectivity index (χ3n) is 4.55. The smallest absolute Gasteiger partial charge is 0.361 e. The average Bonchev–Trinajstić information content (AvgIpc) is 3.19. The molecule has 1 saturated heterocycles. The molecule has 1 atom stereocenters. The molecule has 0 bridgehead atoms. The molecule has 1 aliphatic heterocycles. The van der Waals surface area contributed by atoms with Gasteiger partial charge in [-0.05, 0) is 39.7 Å². The summed E-state index contributed by atoms with van der Waals surface area (Å²) >= 11 is 0. The van der Waals surface area contributed by atoms with Crippen molar-refractivity contribution in [3.05, 3.63) is 34.5 Å². The molecule has 3 heterocycles. The molecule has 136 valence electrons. The molecule has 1 aliphatic rings. The summed E-state index contributed by atoms with van der Waals surface area (Å²) in [6, 6.07) is 0.792. The lowest BCUT2D eigenvalue weighted by Crippen LogP contribution is -2.34. The van der Waals surface area contributed by atoms with Crippen LogP contribution in [0.1, 0.15) is 47.3 Å². The maximum absolute atomic E-state index is 12.8. The molecule has 1 amide bonds. The number of aromatic nitrogens is 3. The molecule has 1 unspecified atom stereocenters. The first kappa shape index (κ1) is 17.5. The Labute approximate surface area is 142 Å².